The minimum atomic E-state index is -0.227. The van der Waals surface area contributed by atoms with Gasteiger partial charge in [0.1, 0.15) is 0 Å². The Morgan fingerprint density at radius 1 is 1.19 bits per heavy atom. The van der Waals surface area contributed by atoms with Crippen molar-refractivity contribution in [2.24, 2.45) is 5.41 Å². The Hall–Kier alpha value is -1.81. The standard InChI is InChI=1S/C23H31NO2S/c1-17(11-12-20-19(3)10-7-13-23(20,4)5)8-6-9-18(2)16-21(25)24-14-15-27-22(24)26/h6,8-9,11-12,16H,7,10,13-15H2,1-5H3/b9-6+,12-11+,17-8+,18-16+. The summed E-state index contributed by atoms with van der Waals surface area (Å²) < 4.78 is 0. The molecule has 1 fully saturated rings. The number of thioether (sulfide) groups is 1. The molecule has 0 aromatic rings. The van der Waals surface area contributed by atoms with Crippen LogP contribution in [-0.2, 0) is 4.79 Å². The zero-order valence-electron chi connectivity index (χ0n) is 17.2. The van der Waals surface area contributed by atoms with Gasteiger partial charge < -0.3 is 0 Å². The van der Waals surface area contributed by atoms with Crippen molar-refractivity contribution in [1.82, 2.24) is 4.90 Å². The van der Waals surface area contributed by atoms with E-state index in [0.717, 1.165) is 11.1 Å². The number of hydrogen-bond acceptors (Lipinski definition) is 3. The SMILES string of the molecule is CC1=C(/C=C/C(C)=C/C=C/C(C)=C/C(=O)N2CCSC2=O)C(C)(C)CCC1. The Kier molecular flexibility index (Phi) is 7.49. The lowest BCUT2D eigenvalue weighted by Crippen LogP contribution is -2.29. The maximum Gasteiger partial charge on any atom is 0.288 e. The summed E-state index contributed by atoms with van der Waals surface area (Å²) in [5.41, 5.74) is 5.21. The Balaban J connectivity index is 1.99. The third-order valence-corrected chi connectivity index (χ3v) is 6.01. The molecule has 0 bridgehead atoms. The van der Waals surface area contributed by atoms with E-state index in [4.69, 9.17) is 0 Å². The second kappa shape index (κ2) is 9.41. The lowest BCUT2D eigenvalue weighted by molar-refractivity contribution is -0.122. The van der Waals surface area contributed by atoms with E-state index in [1.165, 1.54) is 53.1 Å². The Morgan fingerprint density at radius 2 is 1.93 bits per heavy atom. The number of hydrogen-bond donors (Lipinski definition) is 0. The first-order chi connectivity index (χ1) is 12.7. The average molecular weight is 386 g/mol. The molecule has 1 saturated heterocycles. The van der Waals surface area contributed by atoms with Gasteiger partial charge in [-0.15, -0.1) is 0 Å². The molecule has 1 heterocycles. The molecule has 1 aliphatic carbocycles. The van der Waals surface area contributed by atoms with E-state index in [1.54, 1.807) is 0 Å². The molecule has 4 heteroatoms. The zero-order valence-corrected chi connectivity index (χ0v) is 18.0. The second-order valence-electron chi connectivity index (χ2n) is 8.03. The molecule has 1 aliphatic heterocycles. The molecule has 2 rings (SSSR count). The molecule has 2 aliphatic rings. The minimum absolute atomic E-state index is 0.149. The van der Waals surface area contributed by atoms with Crippen LogP contribution in [0.3, 0.4) is 0 Å². The van der Waals surface area contributed by atoms with Gasteiger partial charge in [0, 0.05) is 18.4 Å². The van der Waals surface area contributed by atoms with Crippen LogP contribution in [0.1, 0.15) is 53.9 Å². The molecule has 0 aromatic carbocycles. The number of rotatable bonds is 5. The van der Waals surface area contributed by atoms with E-state index in [1.807, 2.05) is 25.2 Å². The molecule has 0 aromatic heterocycles. The predicted molar refractivity (Wildman–Crippen MR) is 116 cm³/mol. The van der Waals surface area contributed by atoms with Crippen LogP contribution in [0.5, 0.6) is 0 Å². The van der Waals surface area contributed by atoms with Gasteiger partial charge in [0.15, 0.2) is 0 Å². The maximum absolute atomic E-state index is 12.1. The number of amides is 2. The molecular weight excluding hydrogens is 354 g/mol. The van der Waals surface area contributed by atoms with E-state index in [0.29, 0.717) is 12.3 Å². The monoisotopic (exact) mass is 385 g/mol. The molecule has 0 unspecified atom stereocenters. The van der Waals surface area contributed by atoms with Crippen molar-refractivity contribution >= 4 is 22.9 Å². The molecule has 0 N–H and O–H groups in total. The van der Waals surface area contributed by atoms with Gasteiger partial charge in [-0.25, -0.2) is 0 Å². The molecule has 0 atom stereocenters. The van der Waals surface area contributed by atoms with Crippen LogP contribution >= 0.6 is 11.8 Å². The van der Waals surface area contributed by atoms with Crippen molar-refractivity contribution < 1.29 is 9.59 Å². The first-order valence-electron chi connectivity index (χ1n) is 9.60. The van der Waals surface area contributed by atoms with E-state index < -0.39 is 0 Å². The molecule has 0 spiro atoms. The molecule has 3 nitrogen and oxygen atoms in total. The number of allylic oxidation sites excluding steroid dienone is 9. The number of carbonyl (C=O) groups is 2. The van der Waals surface area contributed by atoms with E-state index in [9.17, 15) is 9.59 Å². The summed E-state index contributed by atoms with van der Waals surface area (Å²) in [4.78, 5) is 25.0. The van der Waals surface area contributed by atoms with Crippen LogP contribution in [0.15, 0.2) is 58.7 Å². The third-order valence-electron chi connectivity index (χ3n) is 5.15. The molecule has 0 saturated carbocycles. The van der Waals surface area contributed by atoms with Crippen LogP contribution in [0.4, 0.5) is 4.79 Å². The second-order valence-corrected chi connectivity index (χ2v) is 9.07. The third kappa shape index (κ3) is 6.10. The summed E-state index contributed by atoms with van der Waals surface area (Å²) in [5.74, 6) is 0.462. The lowest BCUT2D eigenvalue weighted by atomic mass is 9.72. The fourth-order valence-corrected chi connectivity index (χ4v) is 4.33. The highest BCUT2D eigenvalue weighted by atomic mass is 32.2. The van der Waals surface area contributed by atoms with Crippen LogP contribution in [0.25, 0.3) is 0 Å². The summed E-state index contributed by atoms with van der Waals surface area (Å²) in [5, 5.41) is -0.149. The minimum Gasteiger partial charge on any atom is -0.269 e. The highest BCUT2D eigenvalue weighted by Gasteiger charge is 2.26. The topological polar surface area (TPSA) is 37.4 Å². The Bertz CT molecular complexity index is 750. The van der Waals surface area contributed by atoms with Gasteiger partial charge in [0.05, 0.1) is 0 Å². The largest absolute Gasteiger partial charge is 0.288 e. The quantitative estimate of drug-likeness (QED) is 0.417. The fourth-order valence-electron chi connectivity index (χ4n) is 3.55. The summed E-state index contributed by atoms with van der Waals surface area (Å²) in [6, 6.07) is 0. The van der Waals surface area contributed by atoms with Crippen molar-refractivity contribution in [1.29, 1.82) is 0 Å². The Labute approximate surface area is 168 Å². The molecule has 146 valence electrons. The summed E-state index contributed by atoms with van der Waals surface area (Å²) in [6.45, 7) is 11.3. The van der Waals surface area contributed by atoms with Crippen LogP contribution < -0.4 is 0 Å². The summed E-state index contributed by atoms with van der Waals surface area (Å²) >= 11 is 1.20. The van der Waals surface area contributed by atoms with Crippen molar-refractivity contribution in [3.63, 3.8) is 0 Å². The maximum atomic E-state index is 12.1. The van der Waals surface area contributed by atoms with Crippen LogP contribution in [0.2, 0.25) is 0 Å². The van der Waals surface area contributed by atoms with Gasteiger partial charge in [-0.3, -0.25) is 14.5 Å². The normalized spacial score (nSPS) is 21.8. The van der Waals surface area contributed by atoms with E-state index >= 15 is 0 Å². The highest BCUT2D eigenvalue weighted by Crippen LogP contribution is 2.40. The van der Waals surface area contributed by atoms with Crippen molar-refractivity contribution in [2.45, 2.75) is 53.9 Å². The van der Waals surface area contributed by atoms with Crippen LogP contribution in [-0.4, -0.2) is 28.3 Å². The predicted octanol–water partition coefficient (Wildman–Crippen LogP) is 6.21. The first-order valence-corrected chi connectivity index (χ1v) is 10.6. The first kappa shape index (κ1) is 21.5. The molecule has 2 amide bonds. The smallest absolute Gasteiger partial charge is 0.269 e. The van der Waals surface area contributed by atoms with Gasteiger partial charge in [-0.1, -0.05) is 67.1 Å². The number of nitrogens with zero attached hydrogens (tertiary/aromatic N) is 1. The molecule has 27 heavy (non-hydrogen) atoms. The van der Waals surface area contributed by atoms with Crippen LogP contribution in [0, 0.1) is 5.41 Å². The highest BCUT2D eigenvalue weighted by molar-refractivity contribution is 8.13. The van der Waals surface area contributed by atoms with E-state index in [2.05, 4.69) is 39.8 Å². The van der Waals surface area contributed by atoms with Crippen molar-refractivity contribution in [3.8, 4) is 0 Å². The van der Waals surface area contributed by atoms with Gasteiger partial charge in [0.2, 0.25) is 0 Å². The zero-order chi connectivity index (χ0) is 20.0. The molecule has 0 radical (unpaired) electrons. The van der Waals surface area contributed by atoms with Crippen molar-refractivity contribution in [2.75, 3.05) is 12.3 Å². The fraction of sp³-hybridized carbons (Fsp3) is 0.478. The molecular formula is C23H31NO2S. The number of carbonyl (C=O) groups excluding carboxylic acids is 2. The van der Waals surface area contributed by atoms with Gasteiger partial charge in [0.25, 0.3) is 11.1 Å². The van der Waals surface area contributed by atoms with Gasteiger partial charge in [-0.2, -0.15) is 0 Å². The Morgan fingerprint density at radius 3 is 2.56 bits per heavy atom. The van der Waals surface area contributed by atoms with Gasteiger partial charge in [-0.05, 0) is 56.6 Å². The van der Waals surface area contributed by atoms with Crippen molar-refractivity contribution in [3.05, 3.63) is 58.7 Å². The number of imide groups is 1. The summed E-state index contributed by atoms with van der Waals surface area (Å²) in [7, 11) is 0. The summed E-state index contributed by atoms with van der Waals surface area (Å²) in [6.07, 6.45) is 15.6. The van der Waals surface area contributed by atoms with Gasteiger partial charge >= 0.3 is 0 Å². The van der Waals surface area contributed by atoms with E-state index in [-0.39, 0.29) is 16.6 Å². The lowest BCUT2D eigenvalue weighted by Gasteiger charge is -2.32. The average Bonchev–Trinajstić information content (AvgIpc) is 3.00.